The SMILES string of the molecule is Cc1cc(/N=N/c2ccc(NNc3ccc(N4CCCC4)s3)c3ccccc23)c(C)cc1/N=N/c1nccs1. The van der Waals surface area contributed by atoms with E-state index in [0.717, 1.165) is 62.7 Å². The Kier molecular flexibility index (Phi) is 7.29. The fourth-order valence-electron chi connectivity index (χ4n) is 4.58. The van der Waals surface area contributed by atoms with Gasteiger partial charge in [0.15, 0.2) is 0 Å². The Morgan fingerprint density at radius 1 is 0.769 bits per heavy atom. The molecule has 196 valence electrons. The van der Waals surface area contributed by atoms with Gasteiger partial charge in [-0.15, -0.1) is 26.7 Å². The van der Waals surface area contributed by atoms with Gasteiger partial charge in [-0.1, -0.05) is 35.6 Å². The fraction of sp³-hybridized carbons (Fsp3) is 0.207. The monoisotopic (exact) mass is 552 g/mol. The normalized spacial score (nSPS) is 13.7. The van der Waals surface area contributed by atoms with Crippen LogP contribution in [0.5, 0.6) is 0 Å². The van der Waals surface area contributed by atoms with Gasteiger partial charge in [0, 0.05) is 35.4 Å². The van der Waals surface area contributed by atoms with Crippen molar-refractivity contribution in [3.05, 3.63) is 83.4 Å². The first kappa shape index (κ1) is 25.1. The van der Waals surface area contributed by atoms with Gasteiger partial charge in [-0.3, -0.25) is 10.9 Å². The van der Waals surface area contributed by atoms with Crippen LogP contribution in [0.25, 0.3) is 10.8 Å². The lowest BCUT2D eigenvalue weighted by molar-refractivity contribution is 0.949. The van der Waals surface area contributed by atoms with Gasteiger partial charge in [0.05, 0.1) is 27.8 Å². The van der Waals surface area contributed by atoms with E-state index >= 15 is 0 Å². The van der Waals surface area contributed by atoms with E-state index in [0.29, 0.717) is 5.13 Å². The van der Waals surface area contributed by atoms with Crippen LogP contribution in [0.4, 0.5) is 37.9 Å². The van der Waals surface area contributed by atoms with Crippen LogP contribution < -0.4 is 15.8 Å². The zero-order valence-corrected chi connectivity index (χ0v) is 23.4. The predicted molar refractivity (Wildman–Crippen MR) is 163 cm³/mol. The van der Waals surface area contributed by atoms with Gasteiger partial charge in [0.1, 0.15) is 5.00 Å². The molecule has 6 rings (SSSR count). The average Bonchev–Trinajstić information content (AvgIpc) is 3.75. The van der Waals surface area contributed by atoms with Gasteiger partial charge < -0.3 is 4.90 Å². The maximum atomic E-state index is 4.64. The molecular weight excluding hydrogens is 525 g/mol. The van der Waals surface area contributed by atoms with Crippen molar-refractivity contribution in [2.45, 2.75) is 26.7 Å². The molecule has 0 radical (unpaired) electrons. The molecule has 2 aromatic heterocycles. The molecule has 0 atom stereocenters. The number of thiazole rings is 1. The average molecular weight is 553 g/mol. The van der Waals surface area contributed by atoms with Crippen LogP contribution in [-0.2, 0) is 0 Å². The fourth-order valence-corrected chi connectivity index (χ4v) is 5.95. The number of hydrazine groups is 1. The van der Waals surface area contributed by atoms with Gasteiger partial charge in [-0.2, -0.15) is 5.11 Å². The smallest absolute Gasteiger partial charge is 0.229 e. The number of azo groups is 2. The second-order valence-corrected chi connectivity index (χ2v) is 11.3. The van der Waals surface area contributed by atoms with Crippen LogP contribution in [0.2, 0.25) is 0 Å². The van der Waals surface area contributed by atoms with Crippen molar-refractivity contribution >= 4 is 71.3 Å². The number of rotatable bonds is 8. The molecule has 8 nitrogen and oxygen atoms in total. The second kappa shape index (κ2) is 11.3. The number of fused-ring (bicyclic) bond motifs is 1. The molecule has 3 heterocycles. The molecule has 3 aromatic carbocycles. The largest absolute Gasteiger partial charge is 0.363 e. The Labute approximate surface area is 235 Å². The summed E-state index contributed by atoms with van der Waals surface area (Å²) in [5.74, 6) is 0. The molecule has 39 heavy (non-hydrogen) atoms. The molecule has 0 spiro atoms. The Morgan fingerprint density at radius 2 is 1.49 bits per heavy atom. The second-order valence-electron chi connectivity index (χ2n) is 9.40. The summed E-state index contributed by atoms with van der Waals surface area (Å²) < 4.78 is 0. The third kappa shape index (κ3) is 5.67. The molecule has 5 aromatic rings. The summed E-state index contributed by atoms with van der Waals surface area (Å²) in [6.07, 6.45) is 4.27. The number of aryl methyl sites for hydroxylation is 2. The standard InChI is InChI=1S/C29H28N8S2/c1-19-18-26(34-36-29-30-13-16-38-29)20(2)17-25(19)33-31-23-9-10-24(22-8-4-3-7-21(22)23)32-35-27-11-12-28(39-27)37-14-5-6-15-37/h3-4,7-13,16-18,32,35H,5-6,14-15H2,1-2H3/b33-31+,36-34+. The summed E-state index contributed by atoms with van der Waals surface area (Å²) in [7, 11) is 0. The highest BCUT2D eigenvalue weighted by atomic mass is 32.1. The number of anilines is 3. The Morgan fingerprint density at radius 3 is 2.23 bits per heavy atom. The van der Waals surface area contributed by atoms with Crippen LogP contribution in [-0.4, -0.2) is 18.1 Å². The number of hydrogen-bond donors (Lipinski definition) is 2. The first-order chi connectivity index (χ1) is 19.1. The first-order valence-corrected chi connectivity index (χ1v) is 14.6. The lowest BCUT2D eigenvalue weighted by Crippen LogP contribution is -2.15. The van der Waals surface area contributed by atoms with E-state index in [9.17, 15) is 0 Å². The molecule has 0 amide bonds. The third-order valence-corrected chi connectivity index (χ3v) is 8.39. The van der Waals surface area contributed by atoms with E-state index < -0.39 is 0 Å². The Balaban J connectivity index is 1.20. The minimum atomic E-state index is 0.637. The first-order valence-electron chi connectivity index (χ1n) is 12.9. The van der Waals surface area contributed by atoms with Crippen LogP contribution in [0.3, 0.4) is 0 Å². The van der Waals surface area contributed by atoms with Gasteiger partial charge >= 0.3 is 0 Å². The molecule has 1 saturated heterocycles. The van der Waals surface area contributed by atoms with Crippen LogP contribution in [0.15, 0.2) is 92.7 Å². The van der Waals surface area contributed by atoms with Gasteiger partial charge in [0.25, 0.3) is 0 Å². The molecule has 1 aliphatic heterocycles. The zero-order valence-electron chi connectivity index (χ0n) is 21.8. The summed E-state index contributed by atoms with van der Waals surface area (Å²) in [5, 5.41) is 24.9. The molecule has 0 aliphatic carbocycles. The van der Waals surface area contributed by atoms with Crippen LogP contribution >= 0.6 is 22.7 Å². The number of hydrogen-bond acceptors (Lipinski definition) is 10. The summed E-state index contributed by atoms with van der Waals surface area (Å²) in [6, 6.07) is 20.6. The van der Waals surface area contributed by atoms with E-state index in [1.807, 2.05) is 55.6 Å². The topological polar surface area (TPSA) is 89.6 Å². The molecule has 2 N–H and O–H groups in total. The summed E-state index contributed by atoms with van der Waals surface area (Å²) in [5.41, 5.74) is 12.1. The number of nitrogens with one attached hydrogen (secondary N) is 2. The van der Waals surface area contributed by atoms with Crippen molar-refractivity contribution in [3.63, 3.8) is 0 Å². The van der Waals surface area contributed by atoms with Crippen LogP contribution in [0.1, 0.15) is 24.0 Å². The van der Waals surface area contributed by atoms with Crippen molar-refractivity contribution < 1.29 is 0 Å². The predicted octanol–water partition coefficient (Wildman–Crippen LogP) is 9.84. The Bertz CT molecular complexity index is 1650. The number of aromatic nitrogens is 1. The molecule has 10 heteroatoms. The molecule has 0 saturated carbocycles. The molecule has 0 unspecified atom stereocenters. The van der Waals surface area contributed by atoms with E-state index in [2.05, 4.69) is 65.5 Å². The zero-order chi connectivity index (χ0) is 26.6. The minimum Gasteiger partial charge on any atom is -0.363 e. The summed E-state index contributed by atoms with van der Waals surface area (Å²) in [4.78, 5) is 6.61. The van der Waals surface area contributed by atoms with Crippen molar-refractivity contribution in [2.75, 3.05) is 28.8 Å². The van der Waals surface area contributed by atoms with Crippen molar-refractivity contribution in [1.29, 1.82) is 0 Å². The van der Waals surface area contributed by atoms with Gasteiger partial charge in [-0.05, 0) is 74.2 Å². The number of benzene rings is 3. The highest BCUT2D eigenvalue weighted by Gasteiger charge is 2.14. The van der Waals surface area contributed by atoms with Crippen molar-refractivity contribution in [3.8, 4) is 0 Å². The van der Waals surface area contributed by atoms with Crippen molar-refractivity contribution in [2.24, 2.45) is 20.5 Å². The maximum absolute atomic E-state index is 4.64. The van der Waals surface area contributed by atoms with E-state index in [-0.39, 0.29) is 0 Å². The highest BCUT2D eigenvalue weighted by molar-refractivity contribution is 7.20. The van der Waals surface area contributed by atoms with Crippen molar-refractivity contribution in [1.82, 2.24) is 4.98 Å². The number of thiophene rings is 1. The quantitative estimate of drug-likeness (QED) is 0.148. The summed E-state index contributed by atoms with van der Waals surface area (Å²) >= 11 is 3.23. The van der Waals surface area contributed by atoms with E-state index in [1.165, 1.54) is 29.2 Å². The lowest BCUT2D eigenvalue weighted by atomic mass is 10.1. The molecule has 1 fully saturated rings. The van der Waals surface area contributed by atoms with E-state index in [4.69, 9.17) is 0 Å². The van der Waals surface area contributed by atoms with Gasteiger partial charge in [-0.25, -0.2) is 4.98 Å². The third-order valence-electron chi connectivity index (χ3n) is 6.67. The number of nitrogens with zero attached hydrogens (tertiary/aromatic N) is 6. The maximum Gasteiger partial charge on any atom is 0.229 e. The molecular formula is C29H28N8S2. The molecule has 0 bridgehead atoms. The highest BCUT2D eigenvalue weighted by Crippen LogP contribution is 2.36. The Hall–Kier alpha value is -4.15. The van der Waals surface area contributed by atoms with Crippen LogP contribution in [0, 0.1) is 13.8 Å². The lowest BCUT2D eigenvalue weighted by Gasteiger charge is -2.14. The summed E-state index contributed by atoms with van der Waals surface area (Å²) in [6.45, 7) is 6.30. The minimum absolute atomic E-state index is 0.637. The molecule has 1 aliphatic rings. The van der Waals surface area contributed by atoms with E-state index in [1.54, 1.807) is 17.5 Å². The van der Waals surface area contributed by atoms with Gasteiger partial charge in [0.2, 0.25) is 5.13 Å².